The van der Waals surface area contributed by atoms with Crippen LogP contribution in [0.25, 0.3) is 0 Å². The van der Waals surface area contributed by atoms with Crippen LogP contribution in [0.15, 0.2) is 58.7 Å². The van der Waals surface area contributed by atoms with E-state index in [-0.39, 0.29) is 0 Å². The fourth-order valence-electron chi connectivity index (χ4n) is 2.11. The van der Waals surface area contributed by atoms with Crippen LogP contribution in [0.4, 0.5) is 13.2 Å². The van der Waals surface area contributed by atoms with E-state index in [0.717, 1.165) is 24.1 Å². The molecule has 0 radical (unpaired) electrons. The van der Waals surface area contributed by atoms with Crippen LogP contribution in [0.1, 0.15) is 42.0 Å². The zero-order valence-electron chi connectivity index (χ0n) is 13.4. The molecular formula is C19H19F3N2. The van der Waals surface area contributed by atoms with Gasteiger partial charge in [-0.15, -0.1) is 0 Å². The smallest absolute Gasteiger partial charge is 0.166 e. The van der Waals surface area contributed by atoms with Gasteiger partial charge in [0, 0.05) is 0 Å². The second-order valence-corrected chi connectivity index (χ2v) is 5.45. The van der Waals surface area contributed by atoms with E-state index < -0.39 is 11.7 Å². The number of benzene rings is 2. The van der Waals surface area contributed by atoms with E-state index in [0.29, 0.717) is 5.56 Å². The van der Waals surface area contributed by atoms with E-state index in [1.54, 1.807) is 6.21 Å². The van der Waals surface area contributed by atoms with E-state index in [2.05, 4.69) is 29.3 Å². The number of halogens is 3. The molecule has 0 heterocycles. The van der Waals surface area contributed by atoms with Crippen molar-refractivity contribution in [2.45, 2.75) is 32.4 Å². The van der Waals surface area contributed by atoms with Crippen molar-refractivity contribution >= 4 is 12.4 Å². The number of hydrogen-bond acceptors (Lipinski definition) is 2. The molecule has 0 saturated heterocycles. The van der Waals surface area contributed by atoms with E-state index in [9.17, 15) is 13.2 Å². The van der Waals surface area contributed by atoms with E-state index in [4.69, 9.17) is 0 Å². The maximum absolute atomic E-state index is 12.5. The third kappa shape index (κ3) is 5.65. The van der Waals surface area contributed by atoms with Crippen LogP contribution in [0, 0.1) is 0 Å². The summed E-state index contributed by atoms with van der Waals surface area (Å²) < 4.78 is 37.4. The highest BCUT2D eigenvalue weighted by molar-refractivity contribution is 5.82. The first-order chi connectivity index (χ1) is 11.5. The lowest BCUT2D eigenvalue weighted by Gasteiger charge is -2.05. The van der Waals surface area contributed by atoms with Crippen molar-refractivity contribution in [1.29, 1.82) is 0 Å². The van der Waals surface area contributed by atoms with Crippen molar-refractivity contribution in [2.75, 3.05) is 0 Å². The number of nitrogens with zero attached hydrogens (tertiary/aromatic N) is 2. The quantitative estimate of drug-likeness (QED) is 0.493. The van der Waals surface area contributed by atoms with E-state index >= 15 is 0 Å². The fourth-order valence-corrected chi connectivity index (χ4v) is 2.11. The number of aryl methyl sites for hydroxylation is 1. The number of hydrogen-bond donors (Lipinski definition) is 0. The lowest BCUT2D eigenvalue weighted by Crippen LogP contribution is -2.04. The van der Waals surface area contributed by atoms with Gasteiger partial charge < -0.3 is 0 Å². The van der Waals surface area contributed by atoms with Gasteiger partial charge in [-0.05, 0) is 41.7 Å². The van der Waals surface area contributed by atoms with Gasteiger partial charge in [-0.25, -0.2) is 0 Å². The maximum atomic E-state index is 12.5. The minimum atomic E-state index is -4.32. The fraction of sp³-hybridized carbons (Fsp3) is 0.263. The SMILES string of the molecule is CCCCc1ccc(C=NN=Cc2ccc(C(F)(F)F)cc2)cc1. The molecule has 0 N–H and O–H groups in total. The molecule has 0 aliphatic rings. The highest BCUT2D eigenvalue weighted by atomic mass is 19.4. The van der Waals surface area contributed by atoms with Crippen LogP contribution >= 0.6 is 0 Å². The highest BCUT2D eigenvalue weighted by Crippen LogP contribution is 2.28. The zero-order chi connectivity index (χ0) is 17.4. The lowest BCUT2D eigenvalue weighted by atomic mass is 10.1. The third-order valence-electron chi connectivity index (χ3n) is 3.52. The van der Waals surface area contributed by atoms with Gasteiger partial charge in [0.2, 0.25) is 0 Å². The van der Waals surface area contributed by atoms with Gasteiger partial charge in [-0.1, -0.05) is 49.7 Å². The van der Waals surface area contributed by atoms with Crippen LogP contribution in [-0.4, -0.2) is 12.4 Å². The van der Waals surface area contributed by atoms with Crippen molar-refractivity contribution in [3.63, 3.8) is 0 Å². The van der Waals surface area contributed by atoms with Gasteiger partial charge in [0.15, 0.2) is 0 Å². The predicted octanol–water partition coefficient (Wildman–Crippen LogP) is 5.50. The molecule has 126 valence electrons. The molecule has 0 fully saturated rings. The average molecular weight is 332 g/mol. The van der Waals surface area contributed by atoms with E-state index in [1.807, 2.05) is 12.1 Å². The molecule has 24 heavy (non-hydrogen) atoms. The van der Waals surface area contributed by atoms with Gasteiger partial charge in [0.25, 0.3) is 0 Å². The summed E-state index contributed by atoms with van der Waals surface area (Å²) >= 11 is 0. The maximum Gasteiger partial charge on any atom is 0.416 e. The molecule has 0 atom stereocenters. The summed E-state index contributed by atoms with van der Waals surface area (Å²) in [6, 6.07) is 12.9. The molecule has 0 aliphatic heterocycles. The number of alkyl halides is 3. The molecule has 2 rings (SSSR count). The van der Waals surface area contributed by atoms with Crippen molar-refractivity contribution < 1.29 is 13.2 Å². The summed E-state index contributed by atoms with van der Waals surface area (Å²) in [5.41, 5.74) is 2.11. The molecule has 0 saturated carbocycles. The second kappa shape index (κ2) is 8.43. The first kappa shape index (κ1) is 17.9. The molecule has 5 heteroatoms. The summed E-state index contributed by atoms with van der Waals surface area (Å²) in [4.78, 5) is 0. The van der Waals surface area contributed by atoms with E-state index in [1.165, 1.54) is 36.8 Å². The first-order valence-corrected chi connectivity index (χ1v) is 7.81. The minimum absolute atomic E-state index is 0.565. The first-order valence-electron chi connectivity index (χ1n) is 7.81. The normalized spacial score (nSPS) is 12.3. The molecule has 2 aromatic carbocycles. The summed E-state index contributed by atoms with van der Waals surface area (Å²) in [5, 5.41) is 7.79. The number of rotatable bonds is 6. The standard InChI is InChI=1S/C19H19F3N2/c1-2-3-4-15-5-7-16(8-6-15)13-23-24-14-17-9-11-18(12-10-17)19(20,21)22/h5-14H,2-4H2,1H3. The molecule has 0 unspecified atom stereocenters. The van der Waals surface area contributed by atoms with Crippen LogP contribution in [0.3, 0.4) is 0 Å². The summed E-state index contributed by atoms with van der Waals surface area (Å²) in [5.74, 6) is 0. The van der Waals surface area contributed by atoms with Gasteiger partial charge in [-0.3, -0.25) is 0 Å². The Hall–Kier alpha value is -2.43. The molecular weight excluding hydrogens is 313 g/mol. The third-order valence-corrected chi connectivity index (χ3v) is 3.52. The highest BCUT2D eigenvalue weighted by Gasteiger charge is 2.29. The molecule has 0 spiro atoms. The summed E-state index contributed by atoms with van der Waals surface area (Å²) in [6.07, 6.45) is 2.13. The molecule has 0 amide bonds. The Balaban J connectivity index is 1.92. The number of unbranched alkanes of at least 4 members (excludes halogenated alkanes) is 1. The summed E-state index contributed by atoms with van der Waals surface area (Å²) in [6.45, 7) is 2.16. The van der Waals surface area contributed by atoms with Crippen molar-refractivity contribution in [2.24, 2.45) is 10.2 Å². The van der Waals surface area contributed by atoms with Crippen molar-refractivity contribution in [3.8, 4) is 0 Å². The zero-order valence-corrected chi connectivity index (χ0v) is 13.4. The molecule has 0 bridgehead atoms. The average Bonchev–Trinajstić information content (AvgIpc) is 2.57. The topological polar surface area (TPSA) is 24.7 Å². The summed E-state index contributed by atoms with van der Waals surface area (Å²) in [7, 11) is 0. The minimum Gasteiger partial charge on any atom is -0.166 e. The Morgan fingerprint density at radius 1 is 0.833 bits per heavy atom. The Morgan fingerprint density at radius 3 is 1.79 bits per heavy atom. The molecule has 2 nitrogen and oxygen atoms in total. The molecule has 2 aromatic rings. The second-order valence-electron chi connectivity index (χ2n) is 5.45. The lowest BCUT2D eigenvalue weighted by molar-refractivity contribution is -0.137. The monoisotopic (exact) mass is 332 g/mol. The van der Waals surface area contributed by atoms with Crippen LogP contribution in [-0.2, 0) is 12.6 Å². The predicted molar refractivity (Wildman–Crippen MR) is 91.7 cm³/mol. The Labute approximate surface area is 139 Å². The Kier molecular flexibility index (Phi) is 6.29. The Bertz CT molecular complexity index is 684. The van der Waals surface area contributed by atoms with Gasteiger partial charge in [0.05, 0.1) is 18.0 Å². The van der Waals surface area contributed by atoms with Crippen LogP contribution < -0.4 is 0 Å². The van der Waals surface area contributed by atoms with Crippen LogP contribution in [0.5, 0.6) is 0 Å². The van der Waals surface area contributed by atoms with Crippen molar-refractivity contribution in [1.82, 2.24) is 0 Å². The Morgan fingerprint density at radius 2 is 1.33 bits per heavy atom. The molecule has 0 aliphatic carbocycles. The van der Waals surface area contributed by atoms with Gasteiger partial charge in [-0.2, -0.15) is 23.4 Å². The van der Waals surface area contributed by atoms with Crippen molar-refractivity contribution in [3.05, 3.63) is 70.8 Å². The van der Waals surface area contributed by atoms with Gasteiger partial charge >= 0.3 is 6.18 Å². The largest absolute Gasteiger partial charge is 0.416 e. The van der Waals surface area contributed by atoms with Crippen LogP contribution in [0.2, 0.25) is 0 Å². The molecule has 0 aromatic heterocycles. The van der Waals surface area contributed by atoms with Gasteiger partial charge in [0.1, 0.15) is 0 Å².